The molecular weight excluding hydrogens is 388 g/mol. The Balaban J connectivity index is 1.66. The van der Waals surface area contributed by atoms with Crippen molar-refractivity contribution < 1.29 is 0 Å². The molecule has 0 N–H and O–H groups in total. The van der Waals surface area contributed by atoms with Gasteiger partial charge in [-0.1, -0.05) is 86.8 Å². The van der Waals surface area contributed by atoms with Crippen molar-refractivity contribution in [3.63, 3.8) is 0 Å². The van der Waals surface area contributed by atoms with Crippen molar-refractivity contribution in [1.29, 1.82) is 0 Å². The Morgan fingerprint density at radius 3 is 1.88 bits per heavy atom. The summed E-state index contributed by atoms with van der Waals surface area (Å²) in [6.07, 6.45) is 5.07. The maximum Gasteiger partial charge on any atom is 0.0512 e. The summed E-state index contributed by atoms with van der Waals surface area (Å²) >= 11 is 0. The van der Waals surface area contributed by atoms with Gasteiger partial charge in [0.15, 0.2) is 0 Å². The lowest BCUT2D eigenvalue weighted by molar-refractivity contribution is 0.602. The quantitative estimate of drug-likeness (QED) is 0.228. The van der Waals surface area contributed by atoms with E-state index in [1.807, 2.05) is 0 Å². The van der Waals surface area contributed by atoms with Crippen LogP contribution in [0.25, 0.3) is 21.8 Å². The first kappa shape index (κ1) is 20.4. The minimum absolute atomic E-state index is 1.06. The van der Waals surface area contributed by atoms with Gasteiger partial charge in [0.1, 0.15) is 0 Å². The molecule has 0 unspecified atom stereocenters. The van der Waals surface area contributed by atoms with Crippen LogP contribution in [0.5, 0.6) is 0 Å². The number of benzene rings is 4. The largest absolute Gasteiger partial charge is 0.340 e. The molecule has 5 rings (SSSR count). The fraction of sp³-hybridized carbons (Fsp3) is 0.200. The summed E-state index contributed by atoms with van der Waals surface area (Å²) in [7, 11) is 0. The van der Waals surface area contributed by atoms with Gasteiger partial charge in [0.2, 0.25) is 0 Å². The van der Waals surface area contributed by atoms with Crippen LogP contribution in [-0.4, -0.2) is 4.57 Å². The van der Waals surface area contributed by atoms with Crippen molar-refractivity contribution in [2.24, 2.45) is 0 Å². The number of fused-ring (bicyclic) bond motifs is 3. The number of para-hydroxylation sites is 3. The summed E-state index contributed by atoms with van der Waals surface area (Å²) in [5.41, 5.74) is 6.18. The highest BCUT2D eigenvalue weighted by atomic mass is 15.1. The fourth-order valence-corrected chi connectivity index (χ4v) is 4.72. The number of aryl methyl sites for hydroxylation is 1. The Morgan fingerprint density at radius 2 is 1.19 bits per heavy atom. The summed E-state index contributed by atoms with van der Waals surface area (Å²) in [5.74, 6) is 0. The van der Waals surface area contributed by atoms with Crippen LogP contribution in [0.1, 0.15) is 32.6 Å². The number of anilines is 3. The van der Waals surface area contributed by atoms with E-state index in [1.165, 1.54) is 64.6 Å². The normalized spacial score (nSPS) is 11.3. The fourth-order valence-electron chi connectivity index (χ4n) is 4.72. The van der Waals surface area contributed by atoms with Crippen molar-refractivity contribution in [3.8, 4) is 0 Å². The highest BCUT2D eigenvalue weighted by Crippen LogP contribution is 2.38. The predicted octanol–water partition coefficient (Wildman–Crippen LogP) is 8.84. The number of nitrogens with zero attached hydrogens (tertiary/aromatic N) is 2. The zero-order valence-electron chi connectivity index (χ0n) is 18.7. The van der Waals surface area contributed by atoms with Crippen LogP contribution in [0.15, 0.2) is 103 Å². The van der Waals surface area contributed by atoms with E-state index in [9.17, 15) is 0 Å². The van der Waals surface area contributed by atoms with Crippen LogP contribution >= 0.6 is 0 Å². The van der Waals surface area contributed by atoms with E-state index in [0.717, 1.165) is 6.54 Å². The molecule has 0 bridgehead atoms. The number of rotatable bonds is 8. The Morgan fingerprint density at radius 1 is 0.562 bits per heavy atom. The van der Waals surface area contributed by atoms with Gasteiger partial charge < -0.3 is 9.47 Å². The lowest BCUT2D eigenvalue weighted by Crippen LogP contribution is -2.09. The Bertz CT molecular complexity index is 1260. The summed E-state index contributed by atoms with van der Waals surface area (Å²) < 4.78 is 2.53. The van der Waals surface area contributed by atoms with Crippen LogP contribution in [0, 0.1) is 0 Å². The monoisotopic (exact) mass is 418 g/mol. The molecule has 2 heteroatoms. The third-order valence-electron chi connectivity index (χ3n) is 6.28. The van der Waals surface area contributed by atoms with Crippen molar-refractivity contribution >= 4 is 38.9 Å². The van der Waals surface area contributed by atoms with Crippen molar-refractivity contribution in [2.75, 3.05) is 4.90 Å². The van der Waals surface area contributed by atoms with Gasteiger partial charge >= 0.3 is 0 Å². The summed E-state index contributed by atoms with van der Waals surface area (Å²) in [6, 6.07) is 37.0. The Labute approximate surface area is 190 Å². The molecule has 2 nitrogen and oxygen atoms in total. The average Bonchev–Trinajstić information content (AvgIpc) is 3.16. The van der Waals surface area contributed by atoms with E-state index >= 15 is 0 Å². The van der Waals surface area contributed by atoms with Crippen LogP contribution in [-0.2, 0) is 6.54 Å². The van der Waals surface area contributed by atoms with Gasteiger partial charge in [-0.15, -0.1) is 0 Å². The van der Waals surface area contributed by atoms with E-state index in [1.54, 1.807) is 0 Å². The van der Waals surface area contributed by atoms with Crippen molar-refractivity contribution in [1.82, 2.24) is 4.57 Å². The summed E-state index contributed by atoms with van der Waals surface area (Å²) in [6.45, 7) is 3.33. The molecule has 160 valence electrons. The number of hydrogen-bond acceptors (Lipinski definition) is 1. The van der Waals surface area contributed by atoms with Gasteiger partial charge in [-0.05, 0) is 48.9 Å². The van der Waals surface area contributed by atoms with Gasteiger partial charge in [-0.2, -0.15) is 0 Å². The minimum atomic E-state index is 1.06. The van der Waals surface area contributed by atoms with Crippen LogP contribution < -0.4 is 4.90 Å². The Kier molecular flexibility index (Phi) is 5.93. The summed E-state index contributed by atoms with van der Waals surface area (Å²) in [5, 5.41) is 2.68. The first-order valence-electron chi connectivity index (χ1n) is 11.8. The highest BCUT2D eigenvalue weighted by Gasteiger charge is 2.16. The molecular formula is C30H30N2. The molecule has 0 saturated carbocycles. The topological polar surface area (TPSA) is 8.17 Å². The molecule has 32 heavy (non-hydrogen) atoms. The average molecular weight is 419 g/mol. The second-order valence-electron chi connectivity index (χ2n) is 8.44. The van der Waals surface area contributed by atoms with Crippen LogP contribution in [0.2, 0.25) is 0 Å². The molecule has 0 atom stereocenters. The molecule has 4 aromatic carbocycles. The van der Waals surface area contributed by atoms with E-state index in [4.69, 9.17) is 0 Å². The molecule has 0 aliphatic heterocycles. The van der Waals surface area contributed by atoms with E-state index < -0.39 is 0 Å². The molecule has 5 aromatic rings. The SMILES string of the molecule is CCCCCCn1c2ccccc2c2ccc(N(c3ccccc3)c3ccccc3)cc21. The second-order valence-corrected chi connectivity index (χ2v) is 8.44. The molecule has 0 radical (unpaired) electrons. The molecule has 0 aliphatic carbocycles. The van der Waals surface area contributed by atoms with Gasteiger partial charge in [0.05, 0.1) is 5.52 Å². The minimum Gasteiger partial charge on any atom is -0.340 e. The van der Waals surface area contributed by atoms with Crippen molar-refractivity contribution in [3.05, 3.63) is 103 Å². The van der Waals surface area contributed by atoms with Gasteiger partial charge in [-0.3, -0.25) is 0 Å². The zero-order valence-corrected chi connectivity index (χ0v) is 18.7. The third kappa shape index (κ3) is 3.89. The predicted molar refractivity (Wildman–Crippen MR) is 138 cm³/mol. The lowest BCUT2D eigenvalue weighted by Gasteiger charge is -2.25. The zero-order chi connectivity index (χ0) is 21.8. The van der Waals surface area contributed by atoms with Crippen LogP contribution in [0.4, 0.5) is 17.1 Å². The van der Waals surface area contributed by atoms with E-state index in [-0.39, 0.29) is 0 Å². The molecule has 0 saturated heterocycles. The standard InChI is InChI=1S/C30H30N2/c1-2-3-4-13-22-31-29-19-12-11-18-27(29)28-21-20-26(23-30(28)31)32(24-14-7-5-8-15-24)25-16-9-6-10-17-25/h5-12,14-21,23H,2-4,13,22H2,1H3. The molecule has 0 amide bonds. The summed E-state index contributed by atoms with van der Waals surface area (Å²) in [4.78, 5) is 2.35. The van der Waals surface area contributed by atoms with Gasteiger partial charge in [0.25, 0.3) is 0 Å². The molecule has 0 spiro atoms. The van der Waals surface area contributed by atoms with Gasteiger partial charge in [-0.25, -0.2) is 0 Å². The van der Waals surface area contributed by atoms with E-state index in [0.29, 0.717) is 0 Å². The maximum atomic E-state index is 2.53. The molecule has 0 aliphatic rings. The molecule has 1 aromatic heterocycles. The van der Waals surface area contributed by atoms with Crippen molar-refractivity contribution in [2.45, 2.75) is 39.2 Å². The maximum absolute atomic E-state index is 2.53. The number of hydrogen-bond donors (Lipinski definition) is 0. The number of aromatic nitrogens is 1. The number of unbranched alkanes of at least 4 members (excludes halogenated alkanes) is 3. The second kappa shape index (κ2) is 9.32. The highest BCUT2D eigenvalue weighted by molar-refractivity contribution is 6.09. The smallest absolute Gasteiger partial charge is 0.0512 e. The first-order valence-corrected chi connectivity index (χ1v) is 11.8. The van der Waals surface area contributed by atoms with Crippen LogP contribution in [0.3, 0.4) is 0 Å². The molecule has 0 fully saturated rings. The van der Waals surface area contributed by atoms with Gasteiger partial charge in [0, 0.05) is 39.9 Å². The molecule has 1 heterocycles. The Hall–Kier alpha value is -3.52. The third-order valence-corrected chi connectivity index (χ3v) is 6.28. The van der Waals surface area contributed by atoms with E-state index in [2.05, 4.69) is 120 Å². The first-order chi connectivity index (χ1) is 15.9. The lowest BCUT2D eigenvalue weighted by atomic mass is 10.1.